The van der Waals surface area contributed by atoms with E-state index in [1.54, 1.807) is 0 Å². The molecule has 0 aromatic heterocycles. The fraction of sp³-hybridized carbons (Fsp3) is 0.887. The molecule has 0 bridgehead atoms. The van der Waals surface area contributed by atoms with Gasteiger partial charge in [0.25, 0.3) is 0 Å². The van der Waals surface area contributed by atoms with Crippen LogP contribution in [0.5, 0.6) is 0 Å². The zero-order valence-electron chi connectivity index (χ0n) is 39.1. The molecule has 5 heteroatoms. The maximum Gasteiger partial charge on any atom is 0.306 e. The Kier molecular flexibility index (Phi) is 48.4. The minimum absolute atomic E-state index is 0.0768. The number of unbranched alkanes of at least 4 members (excludes halogenated alkanes) is 36. The summed E-state index contributed by atoms with van der Waals surface area (Å²) in [7, 11) is 0. The van der Waals surface area contributed by atoms with E-state index in [0.717, 1.165) is 38.5 Å². The van der Waals surface area contributed by atoms with Gasteiger partial charge >= 0.3 is 11.9 Å². The van der Waals surface area contributed by atoms with Crippen molar-refractivity contribution in [2.24, 2.45) is 0 Å². The number of hydrogen-bond acceptors (Lipinski definition) is 5. The number of aliphatic hydroxyl groups is 1. The first-order valence-corrected chi connectivity index (χ1v) is 25.9. The first-order valence-electron chi connectivity index (χ1n) is 25.9. The van der Waals surface area contributed by atoms with Crippen molar-refractivity contribution in [3.05, 3.63) is 24.3 Å². The molecule has 0 aliphatic heterocycles. The molecule has 0 aliphatic rings. The van der Waals surface area contributed by atoms with Crippen LogP contribution in [0.2, 0.25) is 0 Å². The summed E-state index contributed by atoms with van der Waals surface area (Å²) in [6.07, 6.45) is 61.4. The molecule has 0 aromatic carbocycles. The van der Waals surface area contributed by atoms with Gasteiger partial charge in [-0.15, -0.1) is 0 Å². The molecule has 342 valence electrons. The van der Waals surface area contributed by atoms with Gasteiger partial charge in [0.1, 0.15) is 6.61 Å². The summed E-state index contributed by atoms with van der Waals surface area (Å²) in [6.45, 7) is 4.15. The molecular weight excluding hydrogens is 717 g/mol. The normalized spacial score (nSPS) is 12.3. The van der Waals surface area contributed by atoms with Crippen molar-refractivity contribution in [2.75, 3.05) is 13.2 Å². The lowest BCUT2D eigenvalue weighted by Crippen LogP contribution is -2.28. The number of esters is 2. The smallest absolute Gasteiger partial charge is 0.306 e. The Morgan fingerprint density at radius 2 is 0.655 bits per heavy atom. The minimum atomic E-state index is -0.780. The Labute approximate surface area is 362 Å². The highest BCUT2D eigenvalue weighted by Crippen LogP contribution is 2.16. The lowest BCUT2D eigenvalue weighted by atomic mass is 10.0. The zero-order chi connectivity index (χ0) is 42.1. The molecule has 0 saturated heterocycles. The SMILES string of the molecule is CCCCCCCC/C=C/CCCCCCCCCCCCCC(=O)O[C@@H](CO)COC(=O)CCC/C=C/CCCCCCCCCCCCCCCCCCCC. The van der Waals surface area contributed by atoms with Crippen LogP contribution in [0.4, 0.5) is 0 Å². The van der Waals surface area contributed by atoms with Gasteiger partial charge in [-0.25, -0.2) is 0 Å². The van der Waals surface area contributed by atoms with Crippen LogP contribution in [-0.4, -0.2) is 36.4 Å². The van der Waals surface area contributed by atoms with Crippen LogP contribution in [0.1, 0.15) is 284 Å². The van der Waals surface area contributed by atoms with E-state index < -0.39 is 6.10 Å². The average molecular weight is 817 g/mol. The molecule has 0 unspecified atom stereocenters. The van der Waals surface area contributed by atoms with Gasteiger partial charge in [0.2, 0.25) is 0 Å². The summed E-state index contributed by atoms with van der Waals surface area (Å²) in [5.74, 6) is -0.614. The first-order chi connectivity index (χ1) is 28.6. The molecule has 0 aliphatic carbocycles. The fourth-order valence-corrected chi connectivity index (χ4v) is 7.79. The number of carbonyl (C=O) groups excluding carboxylic acids is 2. The topological polar surface area (TPSA) is 72.8 Å². The van der Waals surface area contributed by atoms with Gasteiger partial charge in [-0.3, -0.25) is 9.59 Å². The molecule has 1 N–H and O–H groups in total. The second kappa shape index (κ2) is 49.7. The predicted molar refractivity (Wildman–Crippen MR) is 251 cm³/mol. The molecule has 1 atom stereocenters. The van der Waals surface area contributed by atoms with Gasteiger partial charge in [-0.05, 0) is 57.8 Å². The van der Waals surface area contributed by atoms with Gasteiger partial charge in [0.15, 0.2) is 6.10 Å². The third-order valence-corrected chi connectivity index (χ3v) is 11.7. The number of carbonyl (C=O) groups is 2. The first kappa shape index (κ1) is 56.4. The van der Waals surface area contributed by atoms with Crippen molar-refractivity contribution in [2.45, 2.75) is 290 Å². The lowest BCUT2D eigenvalue weighted by Gasteiger charge is -2.15. The highest BCUT2D eigenvalue weighted by atomic mass is 16.6. The lowest BCUT2D eigenvalue weighted by molar-refractivity contribution is -0.161. The van der Waals surface area contributed by atoms with E-state index in [9.17, 15) is 14.7 Å². The van der Waals surface area contributed by atoms with Gasteiger partial charge in [0, 0.05) is 12.8 Å². The maximum atomic E-state index is 12.3. The molecule has 0 fully saturated rings. The second-order valence-corrected chi connectivity index (χ2v) is 17.6. The molecular formula is C53H100O5. The van der Waals surface area contributed by atoms with E-state index in [1.165, 1.54) is 218 Å². The Morgan fingerprint density at radius 1 is 0.379 bits per heavy atom. The monoisotopic (exact) mass is 817 g/mol. The van der Waals surface area contributed by atoms with E-state index in [1.807, 2.05) is 0 Å². The number of aliphatic hydroxyl groups excluding tert-OH is 1. The third-order valence-electron chi connectivity index (χ3n) is 11.7. The second-order valence-electron chi connectivity index (χ2n) is 17.6. The quantitative estimate of drug-likeness (QED) is 0.0376. The summed E-state index contributed by atoms with van der Waals surface area (Å²) >= 11 is 0. The summed E-state index contributed by atoms with van der Waals surface area (Å²) in [5, 5.41) is 9.62. The van der Waals surface area contributed by atoms with Crippen LogP contribution in [0, 0.1) is 0 Å². The van der Waals surface area contributed by atoms with E-state index >= 15 is 0 Å². The minimum Gasteiger partial charge on any atom is -0.462 e. The van der Waals surface area contributed by atoms with E-state index in [4.69, 9.17) is 9.47 Å². The molecule has 0 heterocycles. The molecule has 58 heavy (non-hydrogen) atoms. The molecule has 0 spiro atoms. The van der Waals surface area contributed by atoms with Crippen molar-refractivity contribution in [3.8, 4) is 0 Å². The molecule has 0 radical (unpaired) electrons. The molecule has 0 amide bonds. The Balaban J connectivity index is 3.48. The van der Waals surface area contributed by atoms with E-state index in [2.05, 4.69) is 38.2 Å². The predicted octanol–water partition coefficient (Wildman–Crippen LogP) is 17.0. The zero-order valence-corrected chi connectivity index (χ0v) is 39.1. The van der Waals surface area contributed by atoms with Crippen molar-refractivity contribution in [1.29, 1.82) is 0 Å². The average Bonchev–Trinajstić information content (AvgIpc) is 3.23. The van der Waals surface area contributed by atoms with Crippen molar-refractivity contribution < 1.29 is 24.2 Å². The summed E-state index contributed by atoms with van der Waals surface area (Å²) in [6, 6.07) is 0. The van der Waals surface area contributed by atoms with Crippen molar-refractivity contribution in [1.82, 2.24) is 0 Å². The Morgan fingerprint density at radius 3 is 0.983 bits per heavy atom. The van der Waals surface area contributed by atoms with Crippen LogP contribution in [0.15, 0.2) is 24.3 Å². The van der Waals surface area contributed by atoms with Crippen LogP contribution in [0.25, 0.3) is 0 Å². The fourth-order valence-electron chi connectivity index (χ4n) is 7.79. The standard InChI is InChI=1S/C53H100O5/c1-3-5-7-9-11-13-15-17-19-21-23-25-26-28-29-31-33-35-37-39-41-43-45-47-52(55)57-50-51(49-54)58-53(56)48-46-44-42-40-38-36-34-32-30-27-24-22-20-18-16-14-12-10-8-6-4-2/h18,20,39,41,51,54H,3-17,19,21-38,40,42-50H2,1-2H3/b20-18+,41-39+/t51-/m0/s1. The van der Waals surface area contributed by atoms with E-state index in [0.29, 0.717) is 12.8 Å². The van der Waals surface area contributed by atoms with Crippen molar-refractivity contribution in [3.63, 3.8) is 0 Å². The largest absolute Gasteiger partial charge is 0.462 e. The Bertz CT molecular complexity index is 882. The van der Waals surface area contributed by atoms with Gasteiger partial charge < -0.3 is 14.6 Å². The summed E-state index contributed by atoms with van der Waals surface area (Å²) in [4.78, 5) is 24.4. The number of ether oxygens (including phenoxy) is 2. The highest BCUT2D eigenvalue weighted by Gasteiger charge is 2.16. The third kappa shape index (κ3) is 47.1. The highest BCUT2D eigenvalue weighted by molar-refractivity contribution is 5.70. The van der Waals surface area contributed by atoms with Crippen LogP contribution in [-0.2, 0) is 19.1 Å². The summed E-state index contributed by atoms with van der Waals surface area (Å²) < 4.78 is 10.7. The molecule has 0 rings (SSSR count). The Hall–Kier alpha value is -1.62. The van der Waals surface area contributed by atoms with Gasteiger partial charge in [-0.1, -0.05) is 237 Å². The molecule has 5 nitrogen and oxygen atoms in total. The molecule has 0 saturated carbocycles. The van der Waals surface area contributed by atoms with Crippen LogP contribution in [0.3, 0.4) is 0 Å². The molecule has 0 aromatic rings. The number of rotatable bonds is 48. The summed E-state index contributed by atoms with van der Waals surface area (Å²) in [5.41, 5.74) is 0. The van der Waals surface area contributed by atoms with Crippen LogP contribution < -0.4 is 0 Å². The maximum absolute atomic E-state index is 12.3. The number of hydrogen-bond donors (Lipinski definition) is 1. The van der Waals surface area contributed by atoms with Crippen molar-refractivity contribution >= 4 is 11.9 Å². The number of allylic oxidation sites excluding steroid dienone is 4. The van der Waals surface area contributed by atoms with Crippen LogP contribution >= 0.6 is 0 Å². The van der Waals surface area contributed by atoms with E-state index in [-0.39, 0.29) is 25.2 Å². The van der Waals surface area contributed by atoms with Gasteiger partial charge in [0.05, 0.1) is 6.61 Å². The van der Waals surface area contributed by atoms with Gasteiger partial charge in [-0.2, -0.15) is 0 Å².